The van der Waals surface area contributed by atoms with Crippen LogP contribution in [-0.4, -0.2) is 50.6 Å². The monoisotopic (exact) mass is 304 g/mol. The number of rotatable bonds is 8. The van der Waals surface area contributed by atoms with Crippen LogP contribution in [-0.2, 0) is 10.0 Å². The van der Waals surface area contributed by atoms with Crippen molar-refractivity contribution in [3.05, 3.63) is 0 Å². The zero-order valence-corrected chi connectivity index (χ0v) is 13.5. The summed E-state index contributed by atoms with van der Waals surface area (Å²) in [7, 11) is -3.12. The largest absolute Gasteiger partial charge is 0.370 e. The van der Waals surface area contributed by atoms with E-state index in [1.807, 2.05) is 0 Å². The molecule has 7 heteroatoms. The molecule has 1 atom stereocenters. The summed E-state index contributed by atoms with van der Waals surface area (Å²) in [5, 5.41) is 3.08. The normalized spacial score (nSPS) is 21.3. The Balaban J connectivity index is 2.31. The Labute approximate surface area is 122 Å². The molecule has 20 heavy (non-hydrogen) atoms. The van der Waals surface area contributed by atoms with Gasteiger partial charge in [0.1, 0.15) is 0 Å². The van der Waals surface area contributed by atoms with E-state index in [9.17, 15) is 8.42 Å². The van der Waals surface area contributed by atoms with E-state index in [-0.39, 0.29) is 6.04 Å². The van der Waals surface area contributed by atoms with Crippen LogP contribution < -0.4 is 11.1 Å². The number of guanidine groups is 1. The van der Waals surface area contributed by atoms with Crippen LogP contribution in [0.15, 0.2) is 4.99 Å². The Morgan fingerprint density at radius 3 is 2.80 bits per heavy atom. The number of unbranched alkanes of at least 4 members (excludes halogenated alkanes) is 3. The van der Waals surface area contributed by atoms with Gasteiger partial charge in [-0.05, 0) is 19.3 Å². The zero-order valence-electron chi connectivity index (χ0n) is 12.6. The van der Waals surface area contributed by atoms with E-state index in [2.05, 4.69) is 17.2 Å². The number of sulfonamides is 1. The fourth-order valence-electron chi connectivity index (χ4n) is 2.46. The number of hydrogen-bond acceptors (Lipinski definition) is 3. The molecule has 0 aromatic carbocycles. The molecule has 6 nitrogen and oxygen atoms in total. The lowest BCUT2D eigenvalue weighted by Crippen LogP contribution is -2.38. The Hall–Kier alpha value is -0.820. The van der Waals surface area contributed by atoms with Gasteiger partial charge in [0, 0.05) is 19.1 Å². The maximum atomic E-state index is 11.6. The van der Waals surface area contributed by atoms with Gasteiger partial charge in [-0.25, -0.2) is 8.42 Å². The van der Waals surface area contributed by atoms with Gasteiger partial charge in [-0.15, -0.1) is 0 Å². The number of nitrogens with two attached hydrogens (primary N) is 1. The minimum Gasteiger partial charge on any atom is -0.370 e. The molecule has 0 spiro atoms. The Morgan fingerprint density at radius 2 is 2.15 bits per heavy atom. The van der Waals surface area contributed by atoms with Crippen LogP contribution in [0.2, 0.25) is 0 Å². The van der Waals surface area contributed by atoms with Crippen molar-refractivity contribution < 1.29 is 8.42 Å². The van der Waals surface area contributed by atoms with Gasteiger partial charge < -0.3 is 11.1 Å². The van der Waals surface area contributed by atoms with E-state index in [0.29, 0.717) is 19.0 Å². The highest BCUT2D eigenvalue weighted by Crippen LogP contribution is 2.20. The van der Waals surface area contributed by atoms with Crippen molar-refractivity contribution in [2.75, 3.05) is 25.9 Å². The first-order chi connectivity index (χ1) is 9.45. The quantitative estimate of drug-likeness (QED) is 0.396. The molecule has 3 N–H and O–H groups in total. The topological polar surface area (TPSA) is 87.8 Å². The molecule has 1 aliphatic heterocycles. The highest BCUT2D eigenvalue weighted by atomic mass is 32.2. The second-order valence-corrected chi connectivity index (χ2v) is 7.32. The van der Waals surface area contributed by atoms with Crippen LogP contribution in [0.3, 0.4) is 0 Å². The van der Waals surface area contributed by atoms with Crippen molar-refractivity contribution in [3.8, 4) is 0 Å². The summed E-state index contributed by atoms with van der Waals surface area (Å²) in [6.45, 7) is 4.05. The highest BCUT2D eigenvalue weighted by Gasteiger charge is 2.30. The molecule has 1 saturated heterocycles. The predicted molar refractivity (Wildman–Crippen MR) is 83.2 cm³/mol. The van der Waals surface area contributed by atoms with Crippen LogP contribution in [0, 0.1) is 0 Å². The van der Waals surface area contributed by atoms with Gasteiger partial charge in [-0.3, -0.25) is 4.99 Å². The summed E-state index contributed by atoms with van der Waals surface area (Å²) < 4.78 is 24.7. The molecular weight excluding hydrogens is 276 g/mol. The summed E-state index contributed by atoms with van der Waals surface area (Å²) >= 11 is 0. The molecule has 1 fully saturated rings. The second-order valence-electron chi connectivity index (χ2n) is 5.38. The molecule has 0 aliphatic carbocycles. The van der Waals surface area contributed by atoms with Crippen LogP contribution in [0.25, 0.3) is 0 Å². The number of hydrogen-bond donors (Lipinski definition) is 2. The van der Waals surface area contributed by atoms with Gasteiger partial charge in [0.2, 0.25) is 10.0 Å². The molecule has 0 bridgehead atoms. The van der Waals surface area contributed by atoms with E-state index in [1.165, 1.54) is 29.8 Å². The third-order valence-electron chi connectivity index (χ3n) is 3.56. The van der Waals surface area contributed by atoms with Crippen LogP contribution >= 0.6 is 0 Å². The summed E-state index contributed by atoms with van der Waals surface area (Å²) in [6.07, 6.45) is 7.75. The number of aliphatic imine (C=N–C) groups is 1. The van der Waals surface area contributed by atoms with Crippen molar-refractivity contribution >= 4 is 16.0 Å². The van der Waals surface area contributed by atoms with Crippen LogP contribution in [0.4, 0.5) is 0 Å². The number of nitrogens with zero attached hydrogens (tertiary/aromatic N) is 2. The summed E-state index contributed by atoms with van der Waals surface area (Å²) in [5.74, 6) is 0.418. The average molecular weight is 304 g/mol. The van der Waals surface area contributed by atoms with E-state index in [4.69, 9.17) is 5.73 Å². The summed E-state index contributed by atoms with van der Waals surface area (Å²) in [5.41, 5.74) is 5.79. The minimum atomic E-state index is -3.12. The van der Waals surface area contributed by atoms with E-state index >= 15 is 0 Å². The van der Waals surface area contributed by atoms with Gasteiger partial charge in [-0.2, -0.15) is 4.31 Å². The van der Waals surface area contributed by atoms with Gasteiger partial charge in [0.25, 0.3) is 0 Å². The van der Waals surface area contributed by atoms with Gasteiger partial charge in [0.05, 0.1) is 12.8 Å². The van der Waals surface area contributed by atoms with Crippen LogP contribution in [0.1, 0.15) is 45.4 Å². The van der Waals surface area contributed by atoms with Gasteiger partial charge in [-0.1, -0.05) is 26.2 Å². The molecular formula is C13H28N4O2S. The molecule has 1 heterocycles. The van der Waals surface area contributed by atoms with Crippen molar-refractivity contribution in [3.63, 3.8) is 0 Å². The lowest BCUT2D eigenvalue weighted by Gasteiger charge is -2.20. The van der Waals surface area contributed by atoms with E-state index < -0.39 is 10.0 Å². The molecule has 1 aliphatic rings. The van der Waals surface area contributed by atoms with Crippen molar-refractivity contribution in [1.82, 2.24) is 9.62 Å². The highest BCUT2D eigenvalue weighted by molar-refractivity contribution is 7.88. The first-order valence-corrected chi connectivity index (χ1v) is 9.30. The average Bonchev–Trinajstić information content (AvgIpc) is 2.84. The first-order valence-electron chi connectivity index (χ1n) is 7.45. The van der Waals surface area contributed by atoms with Crippen molar-refractivity contribution in [2.24, 2.45) is 10.7 Å². The predicted octanol–water partition coefficient (Wildman–Crippen LogP) is 0.895. The summed E-state index contributed by atoms with van der Waals surface area (Å²) in [6, 6.07) is -0.0366. The lowest BCUT2D eigenvalue weighted by atomic mass is 10.2. The molecule has 0 aromatic heterocycles. The molecule has 0 amide bonds. The van der Waals surface area contributed by atoms with Crippen LogP contribution in [0.5, 0.6) is 0 Å². The molecule has 0 radical (unpaired) electrons. The zero-order chi connectivity index (χ0) is 15.0. The van der Waals surface area contributed by atoms with E-state index in [0.717, 1.165) is 25.8 Å². The lowest BCUT2D eigenvalue weighted by molar-refractivity contribution is 0.397. The first kappa shape index (κ1) is 17.2. The third kappa shape index (κ3) is 6.09. The molecule has 0 unspecified atom stereocenters. The summed E-state index contributed by atoms with van der Waals surface area (Å²) in [4.78, 5) is 4.26. The molecule has 0 aromatic rings. The molecule has 1 rings (SSSR count). The molecule has 0 saturated carbocycles. The fourth-order valence-corrected chi connectivity index (χ4v) is 3.63. The standard InChI is InChI=1S/C13H28N4O2S/c1-3-4-5-6-9-15-13(14)16-11-12-8-7-10-17(12)20(2,18)19/h12H,3-11H2,1-2H3,(H3,14,15,16)/t12-/m1/s1. The Kier molecular flexibility index (Phi) is 7.29. The van der Waals surface area contributed by atoms with E-state index in [1.54, 1.807) is 0 Å². The second kappa shape index (κ2) is 8.46. The smallest absolute Gasteiger partial charge is 0.211 e. The Morgan fingerprint density at radius 1 is 1.40 bits per heavy atom. The SMILES string of the molecule is CCCCCCNC(N)=NC[C@H]1CCCN1S(C)(=O)=O. The minimum absolute atomic E-state index is 0.0366. The number of nitrogens with one attached hydrogen (secondary N) is 1. The maximum absolute atomic E-state index is 11.6. The van der Waals surface area contributed by atoms with Crippen molar-refractivity contribution in [2.45, 2.75) is 51.5 Å². The fraction of sp³-hybridized carbons (Fsp3) is 0.923. The maximum Gasteiger partial charge on any atom is 0.211 e. The molecule has 118 valence electrons. The van der Waals surface area contributed by atoms with Gasteiger partial charge >= 0.3 is 0 Å². The van der Waals surface area contributed by atoms with Gasteiger partial charge in [0.15, 0.2) is 5.96 Å². The Bertz CT molecular complexity index is 409. The van der Waals surface area contributed by atoms with Crippen molar-refractivity contribution in [1.29, 1.82) is 0 Å². The third-order valence-corrected chi connectivity index (χ3v) is 4.89.